The number of hydrogen-bond acceptors (Lipinski definition) is 3. The van der Waals surface area contributed by atoms with Crippen molar-refractivity contribution in [2.24, 2.45) is 5.92 Å². The summed E-state index contributed by atoms with van der Waals surface area (Å²) in [6.45, 7) is 4.92. The second-order valence-electron chi connectivity index (χ2n) is 7.32. The van der Waals surface area contributed by atoms with E-state index in [0.29, 0.717) is 30.7 Å². The number of carbonyl (C=O) groups is 1. The van der Waals surface area contributed by atoms with Crippen molar-refractivity contribution in [3.05, 3.63) is 29.6 Å². The van der Waals surface area contributed by atoms with Gasteiger partial charge in [-0.3, -0.25) is 4.79 Å². The molecule has 4 nitrogen and oxygen atoms in total. The van der Waals surface area contributed by atoms with E-state index in [1.165, 1.54) is 25.0 Å². The van der Waals surface area contributed by atoms with Crippen LogP contribution in [0.3, 0.4) is 0 Å². The number of nitrogens with zero attached hydrogens (tertiary/aromatic N) is 2. The van der Waals surface area contributed by atoms with Gasteiger partial charge >= 0.3 is 0 Å². The Morgan fingerprint density at radius 2 is 1.92 bits per heavy atom. The summed E-state index contributed by atoms with van der Waals surface area (Å²) in [6.07, 6.45) is 4.57. The molecule has 24 heavy (non-hydrogen) atoms. The highest BCUT2D eigenvalue weighted by atomic mass is 19.1. The zero-order valence-electron chi connectivity index (χ0n) is 14.2. The summed E-state index contributed by atoms with van der Waals surface area (Å²) in [5.41, 5.74) is 1.27. The number of amides is 1. The molecular formula is C19H25FN2O2. The molecule has 4 rings (SSSR count). The van der Waals surface area contributed by atoms with Crippen molar-refractivity contribution in [3.8, 4) is 0 Å². The number of morpholine rings is 1. The lowest BCUT2D eigenvalue weighted by Gasteiger charge is -2.31. The molecule has 0 spiro atoms. The van der Waals surface area contributed by atoms with Crippen molar-refractivity contribution in [1.29, 1.82) is 0 Å². The van der Waals surface area contributed by atoms with Gasteiger partial charge < -0.3 is 14.5 Å². The van der Waals surface area contributed by atoms with Crippen LogP contribution in [0.2, 0.25) is 0 Å². The molecule has 1 aliphatic heterocycles. The molecule has 3 aliphatic rings. The maximum atomic E-state index is 14.2. The number of halogens is 1. The van der Waals surface area contributed by atoms with Gasteiger partial charge in [0.1, 0.15) is 5.82 Å². The first kappa shape index (κ1) is 15.9. The van der Waals surface area contributed by atoms with Crippen LogP contribution in [0, 0.1) is 11.7 Å². The van der Waals surface area contributed by atoms with Crippen molar-refractivity contribution in [2.45, 2.75) is 44.7 Å². The average molecular weight is 332 g/mol. The zero-order chi connectivity index (χ0) is 16.7. The first-order valence-electron chi connectivity index (χ1n) is 9.09. The Hall–Kier alpha value is -1.62. The highest BCUT2D eigenvalue weighted by Gasteiger charge is 2.42. The van der Waals surface area contributed by atoms with Gasteiger partial charge in [0.05, 0.1) is 13.2 Å². The molecule has 1 atom stereocenters. The summed E-state index contributed by atoms with van der Waals surface area (Å²) in [5.74, 6) is 0.282. The van der Waals surface area contributed by atoms with E-state index in [1.807, 2.05) is 11.0 Å². The summed E-state index contributed by atoms with van der Waals surface area (Å²) in [7, 11) is 0. The maximum absolute atomic E-state index is 14.2. The van der Waals surface area contributed by atoms with Crippen LogP contribution in [0.4, 0.5) is 10.1 Å². The minimum absolute atomic E-state index is 0.00842. The minimum atomic E-state index is -0.336. The molecule has 0 bridgehead atoms. The van der Waals surface area contributed by atoms with Gasteiger partial charge in [0.15, 0.2) is 0 Å². The molecule has 5 heteroatoms. The quantitative estimate of drug-likeness (QED) is 0.831. The summed E-state index contributed by atoms with van der Waals surface area (Å²) in [4.78, 5) is 17.2. The van der Waals surface area contributed by atoms with E-state index in [2.05, 4.69) is 11.8 Å². The van der Waals surface area contributed by atoms with Crippen LogP contribution < -0.4 is 4.90 Å². The highest BCUT2D eigenvalue weighted by Crippen LogP contribution is 2.40. The molecule has 3 fully saturated rings. The molecule has 130 valence electrons. The Kier molecular flexibility index (Phi) is 4.21. The van der Waals surface area contributed by atoms with Crippen LogP contribution in [0.5, 0.6) is 0 Å². The van der Waals surface area contributed by atoms with Crippen LogP contribution >= 0.6 is 0 Å². The van der Waals surface area contributed by atoms with Crippen molar-refractivity contribution in [1.82, 2.24) is 4.90 Å². The van der Waals surface area contributed by atoms with Crippen LogP contribution in [-0.2, 0) is 4.74 Å². The third-order valence-electron chi connectivity index (χ3n) is 5.42. The van der Waals surface area contributed by atoms with Gasteiger partial charge in [-0.1, -0.05) is 0 Å². The fraction of sp³-hybridized carbons (Fsp3) is 0.632. The number of anilines is 1. The predicted molar refractivity (Wildman–Crippen MR) is 90.8 cm³/mol. The number of carbonyl (C=O) groups excluding carboxylic acids is 1. The second-order valence-corrected chi connectivity index (χ2v) is 7.32. The molecule has 2 aliphatic carbocycles. The normalized spacial score (nSPS) is 22.3. The standard InChI is InChI=1S/C19H25FN2O2/c1-13(14-2-3-14)22(17-4-5-17)19(23)15-10-16(20)12-18(11-15)21-6-8-24-9-7-21/h10-14,17H,2-9H2,1H3. The van der Waals surface area contributed by atoms with Crippen LogP contribution in [0.15, 0.2) is 18.2 Å². The molecule has 1 aromatic rings. The van der Waals surface area contributed by atoms with E-state index in [9.17, 15) is 9.18 Å². The third kappa shape index (κ3) is 3.27. The van der Waals surface area contributed by atoms with Crippen molar-refractivity contribution >= 4 is 11.6 Å². The molecule has 1 unspecified atom stereocenters. The monoisotopic (exact) mass is 332 g/mol. The Bertz CT molecular complexity index is 622. The largest absolute Gasteiger partial charge is 0.378 e. The lowest BCUT2D eigenvalue weighted by atomic mass is 10.1. The van der Waals surface area contributed by atoms with E-state index in [4.69, 9.17) is 4.74 Å². The lowest BCUT2D eigenvalue weighted by molar-refractivity contribution is 0.0653. The molecule has 0 N–H and O–H groups in total. The highest BCUT2D eigenvalue weighted by molar-refractivity contribution is 5.96. The van der Waals surface area contributed by atoms with Gasteiger partial charge in [-0.15, -0.1) is 0 Å². The molecule has 0 aromatic heterocycles. The molecule has 1 saturated heterocycles. The average Bonchev–Trinajstić information content (AvgIpc) is 3.48. The Morgan fingerprint density at radius 1 is 1.21 bits per heavy atom. The minimum Gasteiger partial charge on any atom is -0.378 e. The van der Waals surface area contributed by atoms with Crippen molar-refractivity contribution in [3.63, 3.8) is 0 Å². The fourth-order valence-electron chi connectivity index (χ4n) is 3.69. The van der Waals surface area contributed by atoms with Crippen molar-refractivity contribution < 1.29 is 13.9 Å². The van der Waals surface area contributed by atoms with Crippen LogP contribution in [0.1, 0.15) is 43.0 Å². The van der Waals surface area contributed by atoms with E-state index < -0.39 is 0 Å². The number of hydrogen-bond donors (Lipinski definition) is 0. The predicted octanol–water partition coefficient (Wildman–Crippen LogP) is 3.07. The van der Waals surface area contributed by atoms with Gasteiger partial charge in [0.25, 0.3) is 5.91 Å². The first-order valence-corrected chi connectivity index (χ1v) is 9.09. The number of benzene rings is 1. The van der Waals surface area contributed by atoms with Gasteiger partial charge in [-0.2, -0.15) is 0 Å². The molecule has 0 radical (unpaired) electrons. The Labute approximate surface area is 142 Å². The summed E-state index contributed by atoms with van der Waals surface area (Å²) in [6, 6.07) is 5.38. The van der Waals surface area contributed by atoms with E-state index in [1.54, 1.807) is 0 Å². The van der Waals surface area contributed by atoms with E-state index >= 15 is 0 Å². The lowest BCUT2D eigenvalue weighted by Crippen LogP contribution is -2.42. The Morgan fingerprint density at radius 3 is 2.54 bits per heavy atom. The van der Waals surface area contributed by atoms with Gasteiger partial charge in [0.2, 0.25) is 0 Å². The van der Waals surface area contributed by atoms with Crippen LogP contribution in [-0.4, -0.2) is 49.2 Å². The third-order valence-corrected chi connectivity index (χ3v) is 5.42. The first-order chi connectivity index (χ1) is 11.6. The Balaban J connectivity index is 1.59. The molecule has 1 amide bonds. The van der Waals surface area contributed by atoms with E-state index in [0.717, 1.165) is 31.6 Å². The smallest absolute Gasteiger partial charge is 0.254 e. The molecular weight excluding hydrogens is 307 g/mol. The SMILES string of the molecule is CC(C1CC1)N(C(=O)c1cc(F)cc(N2CCOCC2)c1)C1CC1. The molecule has 2 saturated carbocycles. The fourth-order valence-corrected chi connectivity index (χ4v) is 3.69. The zero-order valence-corrected chi connectivity index (χ0v) is 14.2. The van der Waals surface area contributed by atoms with Gasteiger partial charge in [-0.25, -0.2) is 4.39 Å². The molecule has 1 heterocycles. The molecule has 1 aromatic carbocycles. The van der Waals surface area contributed by atoms with E-state index in [-0.39, 0.29) is 17.8 Å². The summed E-state index contributed by atoms with van der Waals surface area (Å²) < 4.78 is 19.5. The summed E-state index contributed by atoms with van der Waals surface area (Å²) in [5, 5.41) is 0. The topological polar surface area (TPSA) is 32.8 Å². The second kappa shape index (κ2) is 6.36. The van der Waals surface area contributed by atoms with Crippen molar-refractivity contribution in [2.75, 3.05) is 31.2 Å². The summed E-state index contributed by atoms with van der Waals surface area (Å²) >= 11 is 0. The van der Waals surface area contributed by atoms with Crippen LogP contribution in [0.25, 0.3) is 0 Å². The maximum Gasteiger partial charge on any atom is 0.254 e. The number of ether oxygens (including phenoxy) is 1. The van der Waals surface area contributed by atoms with Gasteiger partial charge in [0, 0.05) is 36.4 Å². The van der Waals surface area contributed by atoms with Gasteiger partial charge in [-0.05, 0) is 56.7 Å². The number of rotatable bonds is 5.